The minimum absolute atomic E-state index is 0.0141. The van der Waals surface area contributed by atoms with Gasteiger partial charge in [0.25, 0.3) is 0 Å². The topological polar surface area (TPSA) is 46.7 Å². The first kappa shape index (κ1) is 14.4. The largest absolute Gasteiger partial charge is 0.457 e. The molecule has 1 aromatic carbocycles. The molecule has 4 nitrogen and oxygen atoms in total. The molecule has 2 atom stereocenters. The zero-order chi connectivity index (χ0) is 15.9. The van der Waals surface area contributed by atoms with Crippen LogP contribution in [0.5, 0.6) is 11.5 Å². The molecule has 0 unspecified atom stereocenters. The van der Waals surface area contributed by atoms with Crippen LogP contribution in [0.25, 0.3) is 4.85 Å². The van der Waals surface area contributed by atoms with E-state index in [0.29, 0.717) is 16.8 Å². The first-order valence-electron chi connectivity index (χ1n) is 6.66. The van der Waals surface area contributed by atoms with Crippen LogP contribution in [-0.4, -0.2) is 16.3 Å². The Morgan fingerprint density at radius 1 is 1.41 bits per heavy atom. The normalized spacial score (nSPS) is 19.6. The molecule has 0 saturated heterocycles. The Balaban J connectivity index is 2.02. The Labute approximate surface area is 125 Å². The number of nitrogens with zero attached hydrogens (tertiary/aromatic N) is 2. The van der Waals surface area contributed by atoms with E-state index in [1.165, 1.54) is 12.3 Å². The van der Waals surface area contributed by atoms with Crippen molar-refractivity contribution in [1.82, 2.24) is 4.98 Å². The highest BCUT2D eigenvalue weighted by Crippen LogP contribution is 2.41. The number of halogens is 2. The van der Waals surface area contributed by atoms with Gasteiger partial charge in [-0.25, -0.2) is 13.6 Å². The molecule has 3 rings (SSSR count). The monoisotopic (exact) mass is 302 g/mol. The number of fused-ring (bicyclic) bond motifs is 1. The fraction of sp³-hybridized carbons (Fsp3) is 0.250. The number of aliphatic hydroxyl groups is 1. The second kappa shape index (κ2) is 5.35. The maximum absolute atomic E-state index is 13.8. The van der Waals surface area contributed by atoms with Crippen molar-refractivity contribution in [1.29, 1.82) is 0 Å². The van der Waals surface area contributed by atoms with E-state index in [4.69, 9.17) is 11.3 Å². The van der Waals surface area contributed by atoms with Gasteiger partial charge in [-0.3, -0.25) is 4.98 Å². The van der Waals surface area contributed by atoms with E-state index in [1.54, 1.807) is 6.92 Å². The number of aliphatic hydroxyl groups excluding tert-OH is 1. The molecule has 0 amide bonds. The molecule has 0 aliphatic heterocycles. The van der Waals surface area contributed by atoms with Gasteiger partial charge in [-0.15, -0.1) is 0 Å². The lowest BCUT2D eigenvalue weighted by Gasteiger charge is -2.13. The quantitative estimate of drug-likeness (QED) is 0.858. The third-order valence-electron chi connectivity index (χ3n) is 3.64. The van der Waals surface area contributed by atoms with Gasteiger partial charge in [0.2, 0.25) is 0 Å². The van der Waals surface area contributed by atoms with Gasteiger partial charge in [-0.2, -0.15) is 0 Å². The van der Waals surface area contributed by atoms with Crippen LogP contribution < -0.4 is 4.74 Å². The SMILES string of the molecule is [C-]#[N+]c1cc(F)cc(Oc2cnc(C)c3c2C[C@@H](F)[C@H]3O)c1. The smallest absolute Gasteiger partial charge is 0.193 e. The van der Waals surface area contributed by atoms with Crippen molar-refractivity contribution in [3.63, 3.8) is 0 Å². The van der Waals surface area contributed by atoms with E-state index in [-0.39, 0.29) is 23.6 Å². The Hall–Kier alpha value is -2.52. The lowest BCUT2D eigenvalue weighted by Crippen LogP contribution is -2.07. The molecule has 112 valence electrons. The zero-order valence-electron chi connectivity index (χ0n) is 11.7. The number of aryl methyl sites for hydroxylation is 1. The van der Waals surface area contributed by atoms with E-state index in [9.17, 15) is 13.9 Å². The van der Waals surface area contributed by atoms with Crippen molar-refractivity contribution >= 4 is 5.69 Å². The predicted octanol–water partition coefficient (Wildman–Crippen LogP) is 3.80. The number of aromatic nitrogens is 1. The second-order valence-corrected chi connectivity index (χ2v) is 5.12. The lowest BCUT2D eigenvalue weighted by molar-refractivity contribution is 0.0919. The number of hydrogen-bond donors (Lipinski definition) is 1. The first-order chi connectivity index (χ1) is 10.5. The van der Waals surface area contributed by atoms with Gasteiger partial charge in [0.05, 0.1) is 12.8 Å². The molecule has 22 heavy (non-hydrogen) atoms. The van der Waals surface area contributed by atoms with Crippen molar-refractivity contribution in [2.24, 2.45) is 0 Å². The molecule has 0 radical (unpaired) electrons. The van der Waals surface area contributed by atoms with E-state index in [1.807, 2.05) is 0 Å². The van der Waals surface area contributed by atoms with Crippen molar-refractivity contribution in [3.05, 3.63) is 58.5 Å². The van der Waals surface area contributed by atoms with Gasteiger partial charge in [0.15, 0.2) is 5.69 Å². The maximum atomic E-state index is 13.8. The third kappa shape index (κ3) is 2.40. The molecular formula is C16H12F2N2O2. The summed E-state index contributed by atoms with van der Waals surface area (Å²) in [7, 11) is 0. The molecule has 2 aromatic rings. The Morgan fingerprint density at radius 3 is 2.91 bits per heavy atom. The molecule has 0 fully saturated rings. The van der Waals surface area contributed by atoms with Gasteiger partial charge in [-0.1, -0.05) is 0 Å². The molecular weight excluding hydrogens is 290 g/mol. The summed E-state index contributed by atoms with van der Waals surface area (Å²) in [6.07, 6.45) is -1.20. The number of ether oxygens (including phenoxy) is 1. The van der Waals surface area contributed by atoms with Crippen molar-refractivity contribution in [3.8, 4) is 11.5 Å². The van der Waals surface area contributed by atoms with Crippen molar-refractivity contribution in [2.75, 3.05) is 0 Å². The van der Waals surface area contributed by atoms with Crippen molar-refractivity contribution < 1.29 is 18.6 Å². The van der Waals surface area contributed by atoms with Crippen LogP contribution in [-0.2, 0) is 6.42 Å². The van der Waals surface area contributed by atoms with E-state index >= 15 is 0 Å². The van der Waals surface area contributed by atoms with Crippen molar-refractivity contribution in [2.45, 2.75) is 25.6 Å². The van der Waals surface area contributed by atoms with Gasteiger partial charge in [0.1, 0.15) is 29.6 Å². The van der Waals surface area contributed by atoms with Gasteiger partial charge in [-0.05, 0) is 19.1 Å². The molecule has 1 N–H and O–H groups in total. The molecule has 1 aliphatic rings. The molecule has 0 spiro atoms. The first-order valence-corrected chi connectivity index (χ1v) is 6.66. The fourth-order valence-electron chi connectivity index (χ4n) is 2.63. The van der Waals surface area contributed by atoms with Crippen LogP contribution in [0.4, 0.5) is 14.5 Å². The van der Waals surface area contributed by atoms with E-state index in [2.05, 4.69) is 9.83 Å². The highest BCUT2D eigenvalue weighted by molar-refractivity contribution is 5.52. The molecule has 1 heterocycles. The summed E-state index contributed by atoms with van der Waals surface area (Å²) in [5.74, 6) is -0.194. The second-order valence-electron chi connectivity index (χ2n) is 5.12. The number of benzene rings is 1. The Morgan fingerprint density at radius 2 is 2.18 bits per heavy atom. The summed E-state index contributed by atoms with van der Waals surface area (Å²) in [4.78, 5) is 7.25. The molecule has 0 bridgehead atoms. The molecule has 0 saturated carbocycles. The highest BCUT2D eigenvalue weighted by Gasteiger charge is 2.35. The molecule has 1 aliphatic carbocycles. The van der Waals surface area contributed by atoms with Gasteiger partial charge >= 0.3 is 0 Å². The highest BCUT2D eigenvalue weighted by atomic mass is 19.1. The number of hydrogen-bond acceptors (Lipinski definition) is 3. The summed E-state index contributed by atoms with van der Waals surface area (Å²) in [6.45, 7) is 8.61. The number of alkyl halides is 1. The maximum Gasteiger partial charge on any atom is 0.193 e. The zero-order valence-corrected chi connectivity index (χ0v) is 11.7. The minimum atomic E-state index is -1.41. The van der Waals surface area contributed by atoms with Gasteiger partial charge < -0.3 is 9.84 Å². The summed E-state index contributed by atoms with van der Waals surface area (Å²) >= 11 is 0. The summed E-state index contributed by atoms with van der Waals surface area (Å²) < 4.78 is 32.8. The molecule has 1 aromatic heterocycles. The number of pyridine rings is 1. The average Bonchev–Trinajstić information content (AvgIpc) is 2.78. The summed E-state index contributed by atoms with van der Waals surface area (Å²) in [5, 5.41) is 9.88. The van der Waals surface area contributed by atoms with Crippen LogP contribution in [0.15, 0.2) is 24.4 Å². The van der Waals surface area contributed by atoms with Crippen LogP contribution in [0.2, 0.25) is 0 Å². The Bertz CT molecular complexity index is 786. The lowest BCUT2D eigenvalue weighted by atomic mass is 10.1. The fourth-order valence-corrected chi connectivity index (χ4v) is 2.63. The summed E-state index contributed by atoms with van der Waals surface area (Å²) in [6, 6.07) is 3.62. The van der Waals surface area contributed by atoms with Crippen LogP contribution in [0, 0.1) is 19.3 Å². The van der Waals surface area contributed by atoms with Crippen LogP contribution in [0.1, 0.15) is 22.9 Å². The Kier molecular flexibility index (Phi) is 3.51. The van der Waals surface area contributed by atoms with Crippen LogP contribution in [0.3, 0.4) is 0 Å². The number of rotatable bonds is 2. The van der Waals surface area contributed by atoms with E-state index in [0.717, 1.165) is 12.1 Å². The summed E-state index contributed by atoms with van der Waals surface area (Å²) in [5.41, 5.74) is 1.60. The standard InChI is InChI=1S/C16H12F2N2O2/c1-8-15-12(6-13(18)16(15)21)14(7-20-8)22-11-4-9(17)3-10(5-11)19-2/h3-5,7,13,16,21H,6H2,1H3/t13-,16-/m1/s1. The third-order valence-corrected chi connectivity index (χ3v) is 3.64. The molecule has 6 heteroatoms. The van der Waals surface area contributed by atoms with Crippen LogP contribution >= 0.6 is 0 Å². The average molecular weight is 302 g/mol. The minimum Gasteiger partial charge on any atom is -0.457 e. The predicted molar refractivity (Wildman–Crippen MR) is 75.3 cm³/mol. The van der Waals surface area contributed by atoms with Gasteiger partial charge in [0, 0.05) is 29.3 Å². The van der Waals surface area contributed by atoms with E-state index < -0.39 is 18.1 Å².